The summed E-state index contributed by atoms with van der Waals surface area (Å²) in [5, 5.41) is 4.46. The predicted molar refractivity (Wildman–Crippen MR) is 65.5 cm³/mol. The maximum atomic E-state index is 6.10. The normalized spacial score (nSPS) is 21.7. The molecule has 0 spiro atoms. The van der Waals surface area contributed by atoms with Crippen molar-refractivity contribution in [3.63, 3.8) is 0 Å². The third-order valence-corrected chi connectivity index (χ3v) is 3.64. The molecular weight excluding hydrogens is 206 g/mol. The van der Waals surface area contributed by atoms with Crippen LogP contribution in [0.3, 0.4) is 0 Å². The summed E-state index contributed by atoms with van der Waals surface area (Å²) in [6.07, 6.45) is 3.89. The molecule has 0 aromatic heterocycles. The van der Waals surface area contributed by atoms with E-state index in [4.69, 9.17) is 11.6 Å². The predicted octanol–water partition coefficient (Wildman–Crippen LogP) is 3.77. The largest absolute Gasteiger partial charge is 0.310 e. The molecule has 2 rings (SSSR count). The zero-order chi connectivity index (χ0) is 10.8. The SMILES string of the molecule is Cc1cc(C2CCCCN2)c(C)cc1Cl. The molecule has 15 heavy (non-hydrogen) atoms. The van der Waals surface area contributed by atoms with Crippen molar-refractivity contribution < 1.29 is 0 Å². The van der Waals surface area contributed by atoms with Gasteiger partial charge in [-0.2, -0.15) is 0 Å². The zero-order valence-corrected chi connectivity index (χ0v) is 10.2. The first kappa shape index (κ1) is 11.0. The van der Waals surface area contributed by atoms with Crippen LogP contribution in [0.15, 0.2) is 12.1 Å². The van der Waals surface area contributed by atoms with E-state index in [1.54, 1.807) is 0 Å². The molecular formula is C13H18ClN. The molecule has 1 unspecified atom stereocenters. The molecule has 0 saturated carbocycles. The summed E-state index contributed by atoms with van der Waals surface area (Å²) in [6, 6.07) is 4.86. The minimum Gasteiger partial charge on any atom is -0.310 e. The number of piperidine rings is 1. The Labute approximate surface area is 96.8 Å². The highest BCUT2D eigenvalue weighted by Crippen LogP contribution is 2.29. The summed E-state index contributed by atoms with van der Waals surface area (Å²) < 4.78 is 0. The Morgan fingerprint density at radius 3 is 2.67 bits per heavy atom. The van der Waals surface area contributed by atoms with E-state index in [-0.39, 0.29) is 0 Å². The Balaban J connectivity index is 2.30. The molecule has 1 nitrogen and oxygen atoms in total. The van der Waals surface area contributed by atoms with Gasteiger partial charge in [-0.1, -0.05) is 24.1 Å². The Hall–Kier alpha value is -0.530. The van der Waals surface area contributed by atoms with Gasteiger partial charge in [-0.05, 0) is 56.0 Å². The molecule has 1 aromatic carbocycles. The molecule has 0 aliphatic carbocycles. The van der Waals surface area contributed by atoms with Crippen LogP contribution in [0.5, 0.6) is 0 Å². The molecule has 0 radical (unpaired) electrons. The first-order valence-electron chi connectivity index (χ1n) is 5.68. The van der Waals surface area contributed by atoms with E-state index in [0.717, 1.165) is 11.6 Å². The van der Waals surface area contributed by atoms with E-state index in [0.29, 0.717) is 6.04 Å². The minimum atomic E-state index is 0.537. The average Bonchev–Trinajstić information content (AvgIpc) is 2.25. The highest BCUT2D eigenvalue weighted by atomic mass is 35.5. The summed E-state index contributed by atoms with van der Waals surface area (Å²) in [4.78, 5) is 0. The van der Waals surface area contributed by atoms with Crippen LogP contribution in [0.4, 0.5) is 0 Å². The summed E-state index contributed by atoms with van der Waals surface area (Å²) in [5.41, 5.74) is 3.92. The lowest BCUT2D eigenvalue weighted by Gasteiger charge is -2.25. The molecule has 0 bridgehead atoms. The quantitative estimate of drug-likeness (QED) is 0.764. The van der Waals surface area contributed by atoms with Gasteiger partial charge in [0.05, 0.1) is 0 Å². The molecule has 1 fully saturated rings. The molecule has 82 valence electrons. The maximum Gasteiger partial charge on any atom is 0.0438 e. The molecule has 1 aromatic rings. The minimum absolute atomic E-state index is 0.537. The molecule has 1 N–H and O–H groups in total. The van der Waals surface area contributed by atoms with Crippen LogP contribution in [0.25, 0.3) is 0 Å². The van der Waals surface area contributed by atoms with Crippen LogP contribution >= 0.6 is 11.6 Å². The van der Waals surface area contributed by atoms with Gasteiger partial charge in [-0.25, -0.2) is 0 Å². The van der Waals surface area contributed by atoms with E-state index in [1.165, 1.54) is 36.0 Å². The molecule has 2 heteroatoms. The first-order chi connectivity index (χ1) is 7.18. The van der Waals surface area contributed by atoms with E-state index in [1.807, 2.05) is 0 Å². The molecule has 1 aliphatic heterocycles. The topological polar surface area (TPSA) is 12.0 Å². The zero-order valence-electron chi connectivity index (χ0n) is 9.44. The van der Waals surface area contributed by atoms with Gasteiger partial charge < -0.3 is 5.32 Å². The molecule has 0 amide bonds. The highest BCUT2D eigenvalue weighted by molar-refractivity contribution is 6.31. The summed E-state index contributed by atoms with van der Waals surface area (Å²) >= 11 is 6.10. The number of rotatable bonds is 1. The monoisotopic (exact) mass is 223 g/mol. The Kier molecular flexibility index (Phi) is 3.32. The van der Waals surface area contributed by atoms with Crippen molar-refractivity contribution in [3.05, 3.63) is 33.8 Å². The van der Waals surface area contributed by atoms with Gasteiger partial charge in [0.2, 0.25) is 0 Å². The fraction of sp³-hybridized carbons (Fsp3) is 0.538. The second kappa shape index (κ2) is 4.54. The van der Waals surface area contributed by atoms with Gasteiger partial charge >= 0.3 is 0 Å². The molecule has 1 heterocycles. The highest BCUT2D eigenvalue weighted by Gasteiger charge is 2.17. The van der Waals surface area contributed by atoms with Gasteiger partial charge in [0.25, 0.3) is 0 Å². The second-order valence-electron chi connectivity index (χ2n) is 4.46. The van der Waals surface area contributed by atoms with Gasteiger partial charge in [-0.3, -0.25) is 0 Å². The summed E-state index contributed by atoms with van der Waals surface area (Å²) in [5.74, 6) is 0. The lowest BCUT2D eigenvalue weighted by Crippen LogP contribution is -2.27. The van der Waals surface area contributed by atoms with Gasteiger partial charge in [0.15, 0.2) is 0 Å². The van der Waals surface area contributed by atoms with Crippen LogP contribution < -0.4 is 5.32 Å². The standard InChI is InChI=1S/C13H18ClN/c1-9-8-12(14)10(2)7-11(9)13-5-3-4-6-15-13/h7-8,13,15H,3-6H2,1-2H3. The van der Waals surface area contributed by atoms with Crippen molar-refractivity contribution in [1.82, 2.24) is 5.32 Å². The van der Waals surface area contributed by atoms with Crippen molar-refractivity contribution >= 4 is 11.6 Å². The number of nitrogens with one attached hydrogen (secondary N) is 1. The average molecular weight is 224 g/mol. The molecule has 1 aliphatic rings. The smallest absolute Gasteiger partial charge is 0.0438 e. The van der Waals surface area contributed by atoms with E-state index in [2.05, 4.69) is 31.3 Å². The second-order valence-corrected chi connectivity index (χ2v) is 4.87. The van der Waals surface area contributed by atoms with Crippen LogP contribution in [0.1, 0.15) is 42.0 Å². The lowest BCUT2D eigenvalue weighted by molar-refractivity contribution is 0.411. The Morgan fingerprint density at radius 1 is 1.20 bits per heavy atom. The number of halogens is 1. The van der Waals surface area contributed by atoms with Crippen LogP contribution in [0.2, 0.25) is 5.02 Å². The first-order valence-corrected chi connectivity index (χ1v) is 6.06. The van der Waals surface area contributed by atoms with Crippen molar-refractivity contribution in [1.29, 1.82) is 0 Å². The van der Waals surface area contributed by atoms with E-state index < -0.39 is 0 Å². The Bertz CT molecular complexity index is 354. The van der Waals surface area contributed by atoms with Crippen LogP contribution in [-0.4, -0.2) is 6.54 Å². The van der Waals surface area contributed by atoms with Gasteiger partial charge in [-0.15, -0.1) is 0 Å². The maximum absolute atomic E-state index is 6.10. The molecule has 1 atom stereocenters. The van der Waals surface area contributed by atoms with Crippen molar-refractivity contribution in [2.45, 2.75) is 39.2 Å². The number of hydrogen-bond donors (Lipinski definition) is 1. The van der Waals surface area contributed by atoms with Gasteiger partial charge in [0, 0.05) is 11.1 Å². The summed E-state index contributed by atoms with van der Waals surface area (Å²) in [7, 11) is 0. The molecule has 1 saturated heterocycles. The Morgan fingerprint density at radius 2 is 2.00 bits per heavy atom. The summed E-state index contributed by atoms with van der Waals surface area (Å²) in [6.45, 7) is 5.37. The van der Waals surface area contributed by atoms with Crippen LogP contribution in [-0.2, 0) is 0 Å². The fourth-order valence-electron chi connectivity index (χ4n) is 2.30. The third kappa shape index (κ3) is 2.35. The van der Waals surface area contributed by atoms with Crippen LogP contribution in [0, 0.1) is 13.8 Å². The van der Waals surface area contributed by atoms with Crippen molar-refractivity contribution in [2.24, 2.45) is 0 Å². The number of aryl methyl sites for hydroxylation is 2. The number of benzene rings is 1. The van der Waals surface area contributed by atoms with Crippen molar-refractivity contribution in [3.8, 4) is 0 Å². The third-order valence-electron chi connectivity index (χ3n) is 3.23. The van der Waals surface area contributed by atoms with Gasteiger partial charge in [0.1, 0.15) is 0 Å². The lowest BCUT2D eigenvalue weighted by atomic mass is 9.93. The number of hydrogen-bond acceptors (Lipinski definition) is 1. The van der Waals surface area contributed by atoms with E-state index >= 15 is 0 Å². The van der Waals surface area contributed by atoms with Crippen molar-refractivity contribution in [2.75, 3.05) is 6.54 Å². The fourth-order valence-corrected chi connectivity index (χ4v) is 2.51. The van der Waals surface area contributed by atoms with E-state index in [9.17, 15) is 0 Å².